The van der Waals surface area contributed by atoms with Crippen LogP contribution >= 0.6 is 22.9 Å². The highest BCUT2D eigenvalue weighted by molar-refractivity contribution is 7.93. The van der Waals surface area contributed by atoms with Crippen LogP contribution in [0.5, 0.6) is 5.75 Å². The Hall–Kier alpha value is -3.99. The summed E-state index contributed by atoms with van der Waals surface area (Å²) >= 11 is 6.96. The number of ketones is 1. The number of hydrogen-bond donors (Lipinski definition) is 2. The normalized spacial score (nSPS) is 17.2. The number of phenolic OH excluding ortho intramolecular Hbond substituents is 1. The monoisotopic (exact) mass is 566 g/mol. The van der Waals surface area contributed by atoms with E-state index >= 15 is 0 Å². The minimum atomic E-state index is -3.92. The van der Waals surface area contributed by atoms with Gasteiger partial charge in [-0.25, -0.2) is 13.4 Å². The molecule has 2 heterocycles. The number of aryl methyl sites for hydroxylation is 1. The molecular weight excluding hydrogens is 548 g/mol. The lowest BCUT2D eigenvalue weighted by molar-refractivity contribution is -0.132. The van der Waals surface area contributed by atoms with Gasteiger partial charge in [-0.3, -0.25) is 14.5 Å². The number of hydrogen-bond acceptors (Lipinski definition) is 8. The molecule has 1 aliphatic rings. The van der Waals surface area contributed by atoms with Gasteiger partial charge in [0, 0.05) is 10.6 Å². The molecule has 3 aromatic carbocycles. The predicted molar refractivity (Wildman–Crippen MR) is 143 cm³/mol. The van der Waals surface area contributed by atoms with Gasteiger partial charge < -0.3 is 10.2 Å². The summed E-state index contributed by atoms with van der Waals surface area (Å²) in [6.45, 7) is 1.64. The smallest absolute Gasteiger partial charge is 0.301 e. The molecule has 5 rings (SSSR count). The first-order chi connectivity index (χ1) is 18.1. The number of carbonyl (C=O) groups is 2. The van der Waals surface area contributed by atoms with Crippen molar-refractivity contribution in [2.24, 2.45) is 0 Å². The second kappa shape index (κ2) is 9.71. The lowest BCUT2D eigenvalue weighted by atomic mass is 9.94. The fraction of sp³-hybridized carbons (Fsp3) is 0.0741. The number of aliphatic hydroxyl groups excluding tert-OH is 1. The van der Waals surface area contributed by atoms with E-state index in [9.17, 15) is 28.2 Å². The van der Waals surface area contributed by atoms with Crippen LogP contribution in [0.25, 0.3) is 5.76 Å². The molecule has 4 aromatic rings. The Morgan fingerprint density at radius 1 is 1.03 bits per heavy atom. The first-order valence-electron chi connectivity index (χ1n) is 11.2. The Bertz CT molecular complexity index is 1730. The van der Waals surface area contributed by atoms with E-state index in [4.69, 9.17) is 11.6 Å². The summed E-state index contributed by atoms with van der Waals surface area (Å²) in [7, 11) is -3.92. The summed E-state index contributed by atoms with van der Waals surface area (Å²) < 4.78 is 26.2. The number of rotatable bonds is 5. The summed E-state index contributed by atoms with van der Waals surface area (Å²) in [5.41, 5.74) is 0.925. The standard InChI is InChI=1S/C27H19ClN2O6S2/c1-15-12-18(31)10-11-20(15)24(32)22-23(16-6-5-7-17(28)13-16)30(26(34)25(22)33)27-29-14-21(37-27)38(35,36)19-8-3-2-4-9-19/h2-14,23,31-32H,1H3. The highest BCUT2D eigenvalue weighted by Gasteiger charge is 2.48. The van der Waals surface area contributed by atoms with Crippen LogP contribution in [-0.4, -0.2) is 35.3 Å². The second-order valence-electron chi connectivity index (χ2n) is 8.50. The Balaban J connectivity index is 1.69. The molecule has 192 valence electrons. The number of thiazole rings is 1. The number of aromatic nitrogens is 1. The van der Waals surface area contributed by atoms with Gasteiger partial charge in [0.1, 0.15) is 15.7 Å². The van der Waals surface area contributed by atoms with Crippen molar-refractivity contribution in [3.05, 3.63) is 106 Å². The van der Waals surface area contributed by atoms with Crippen LogP contribution in [0.1, 0.15) is 22.7 Å². The first-order valence-corrected chi connectivity index (χ1v) is 13.9. The van der Waals surface area contributed by atoms with Crippen LogP contribution in [0.2, 0.25) is 5.02 Å². The highest BCUT2D eigenvalue weighted by atomic mass is 35.5. The molecule has 0 radical (unpaired) electrons. The zero-order chi connectivity index (χ0) is 27.2. The number of Topliss-reactive ketones (excluding diaryl/α,β-unsaturated/α-hetero) is 1. The largest absolute Gasteiger partial charge is 0.508 e. The molecule has 0 aliphatic carbocycles. The molecule has 1 aromatic heterocycles. The van der Waals surface area contributed by atoms with Gasteiger partial charge in [0.25, 0.3) is 5.78 Å². The van der Waals surface area contributed by atoms with Crippen LogP contribution in [-0.2, 0) is 19.4 Å². The Labute approximate surface area is 227 Å². The van der Waals surface area contributed by atoms with Crippen molar-refractivity contribution in [2.45, 2.75) is 22.1 Å². The molecule has 2 N–H and O–H groups in total. The maximum absolute atomic E-state index is 13.4. The fourth-order valence-electron chi connectivity index (χ4n) is 4.28. The van der Waals surface area contributed by atoms with Gasteiger partial charge >= 0.3 is 5.91 Å². The second-order valence-corrected chi connectivity index (χ2v) is 12.1. The third-order valence-electron chi connectivity index (χ3n) is 6.07. The van der Waals surface area contributed by atoms with Crippen molar-refractivity contribution >= 4 is 55.4 Å². The molecule has 1 amide bonds. The van der Waals surface area contributed by atoms with Gasteiger partial charge in [0.05, 0.1) is 22.7 Å². The molecule has 8 nitrogen and oxygen atoms in total. The van der Waals surface area contributed by atoms with E-state index in [2.05, 4.69) is 4.98 Å². The number of halogens is 1. The van der Waals surface area contributed by atoms with Crippen molar-refractivity contribution in [3.63, 3.8) is 0 Å². The maximum atomic E-state index is 13.4. The van der Waals surface area contributed by atoms with E-state index in [0.717, 1.165) is 22.4 Å². The Morgan fingerprint density at radius 3 is 2.45 bits per heavy atom. The van der Waals surface area contributed by atoms with E-state index in [0.29, 0.717) is 16.1 Å². The molecule has 1 fully saturated rings. The summed E-state index contributed by atoms with van der Waals surface area (Å²) in [6, 6.07) is 17.3. The number of aliphatic hydroxyl groups is 1. The van der Waals surface area contributed by atoms with Gasteiger partial charge in [0.15, 0.2) is 5.13 Å². The maximum Gasteiger partial charge on any atom is 0.301 e. The van der Waals surface area contributed by atoms with Crippen LogP contribution < -0.4 is 4.90 Å². The summed E-state index contributed by atoms with van der Waals surface area (Å²) in [6.07, 6.45) is 1.14. The number of phenols is 1. The average molecular weight is 567 g/mol. The van der Waals surface area contributed by atoms with Crippen LogP contribution in [0.15, 0.2) is 93.7 Å². The molecule has 1 atom stereocenters. The van der Waals surface area contributed by atoms with E-state index in [1.54, 1.807) is 49.4 Å². The van der Waals surface area contributed by atoms with Crippen molar-refractivity contribution in [3.8, 4) is 5.75 Å². The fourth-order valence-corrected chi connectivity index (χ4v) is 7.05. The summed E-state index contributed by atoms with van der Waals surface area (Å²) in [4.78, 5) is 32.0. The number of benzene rings is 3. The number of amides is 1. The van der Waals surface area contributed by atoms with Crippen molar-refractivity contribution in [1.29, 1.82) is 0 Å². The number of carbonyl (C=O) groups excluding carboxylic acids is 2. The molecular formula is C27H19ClN2O6S2. The Morgan fingerprint density at radius 2 is 1.76 bits per heavy atom. The molecule has 0 saturated carbocycles. The SMILES string of the molecule is Cc1cc(O)ccc1C(O)=C1C(=O)C(=O)N(c2ncc(S(=O)(=O)c3ccccc3)s2)C1c1cccc(Cl)c1. The van der Waals surface area contributed by atoms with Crippen molar-refractivity contribution in [2.75, 3.05) is 4.90 Å². The molecule has 1 unspecified atom stereocenters. The predicted octanol–water partition coefficient (Wildman–Crippen LogP) is 5.27. The molecule has 1 aliphatic heterocycles. The first kappa shape index (κ1) is 25.7. The van der Waals surface area contributed by atoms with Crippen LogP contribution in [0.3, 0.4) is 0 Å². The average Bonchev–Trinajstić information content (AvgIpc) is 3.48. The molecule has 38 heavy (non-hydrogen) atoms. The van der Waals surface area contributed by atoms with E-state index in [-0.39, 0.29) is 31.1 Å². The molecule has 0 spiro atoms. The summed E-state index contributed by atoms with van der Waals surface area (Å²) in [5, 5.41) is 21.4. The Kier molecular flexibility index (Phi) is 6.56. The van der Waals surface area contributed by atoms with Crippen molar-refractivity contribution < 1.29 is 28.2 Å². The molecule has 11 heteroatoms. The van der Waals surface area contributed by atoms with E-state index in [1.807, 2.05) is 0 Å². The van der Waals surface area contributed by atoms with Gasteiger partial charge in [-0.05, 0) is 60.5 Å². The van der Waals surface area contributed by atoms with E-state index < -0.39 is 33.3 Å². The van der Waals surface area contributed by atoms with E-state index in [1.165, 1.54) is 30.3 Å². The number of anilines is 1. The summed E-state index contributed by atoms with van der Waals surface area (Å²) in [5.74, 6) is -2.42. The third kappa shape index (κ3) is 4.36. The van der Waals surface area contributed by atoms with Crippen LogP contribution in [0, 0.1) is 6.92 Å². The third-order valence-corrected chi connectivity index (χ3v) is 9.53. The number of nitrogens with zero attached hydrogens (tertiary/aromatic N) is 2. The van der Waals surface area contributed by atoms with Crippen LogP contribution in [0.4, 0.5) is 5.13 Å². The van der Waals surface area contributed by atoms with Gasteiger partial charge in [-0.1, -0.05) is 53.3 Å². The number of aromatic hydroxyl groups is 1. The minimum absolute atomic E-state index is 0.0270. The quantitative estimate of drug-likeness (QED) is 0.191. The lowest BCUT2D eigenvalue weighted by Gasteiger charge is -2.23. The van der Waals surface area contributed by atoms with Gasteiger partial charge in [0.2, 0.25) is 9.84 Å². The molecule has 1 saturated heterocycles. The minimum Gasteiger partial charge on any atom is -0.508 e. The highest BCUT2D eigenvalue weighted by Crippen LogP contribution is 2.45. The molecule has 0 bridgehead atoms. The van der Waals surface area contributed by atoms with Gasteiger partial charge in [-0.15, -0.1) is 0 Å². The zero-order valence-electron chi connectivity index (χ0n) is 19.7. The van der Waals surface area contributed by atoms with Crippen molar-refractivity contribution in [1.82, 2.24) is 4.98 Å². The number of sulfone groups is 1. The topological polar surface area (TPSA) is 125 Å². The zero-order valence-corrected chi connectivity index (χ0v) is 22.1. The lowest BCUT2D eigenvalue weighted by Crippen LogP contribution is -2.29. The van der Waals surface area contributed by atoms with Gasteiger partial charge in [-0.2, -0.15) is 0 Å².